The standard InChI is InChI=1S/C12H11N3O/c13-10-6-9(7-15-12(10)14)11(16)8-4-2-1-3-5-8/h1-7H,13H2,(H2,14,15). The van der Waals surface area contributed by atoms with Crippen molar-refractivity contribution in [1.29, 1.82) is 0 Å². The van der Waals surface area contributed by atoms with Gasteiger partial charge in [0, 0.05) is 17.3 Å². The lowest BCUT2D eigenvalue weighted by Crippen LogP contribution is -2.05. The van der Waals surface area contributed by atoms with Gasteiger partial charge in [0.25, 0.3) is 0 Å². The minimum Gasteiger partial charge on any atom is -0.396 e. The number of carbonyl (C=O) groups excluding carboxylic acids is 1. The average molecular weight is 213 g/mol. The molecule has 2 rings (SSSR count). The summed E-state index contributed by atoms with van der Waals surface area (Å²) in [7, 11) is 0. The molecule has 1 aromatic carbocycles. The molecule has 0 saturated heterocycles. The number of nitrogens with two attached hydrogens (primary N) is 2. The zero-order chi connectivity index (χ0) is 11.5. The van der Waals surface area contributed by atoms with Crippen molar-refractivity contribution in [3.63, 3.8) is 0 Å². The Labute approximate surface area is 92.9 Å². The summed E-state index contributed by atoms with van der Waals surface area (Å²) < 4.78 is 0. The predicted molar refractivity (Wildman–Crippen MR) is 62.9 cm³/mol. The fourth-order valence-electron chi connectivity index (χ4n) is 1.37. The van der Waals surface area contributed by atoms with Crippen molar-refractivity contribution in [2.45, 2.75) is 0 Å². The van der Waals surface area contributed by atoms with Gasteiger partial charge in [-0.3, -0.25) is 4.79 Å². The molecule has 4 heteroatoms. The molecule has 0 fully saturated rings. The van der Waals surface area contributed by atoms with Crippen molar-refractivity contribution in [2.24, 2.45) is 0 Å². The SMILES string of the molecule is Nc1cc(C(=O)c2ccccc2)cnc1N. The number of pyridine rings is 1. The molecule has 4 N–H and O–H groups in total. The second-order valence-corrected chi connectivity index (χ2v) is 3.39. The summed E-state index contributed by atoms with van der Waals surface area (Å²) >= 11 is 0. The van der Waals surface area contributed by atoms with Gasteiger partial charge in [0.2, 0.25) is 0 Å². The molecule has 0 amide bonds. The van der Waals surface area contributed by atoms with E-state index in [1.165, 1.54) is 12.3 Å². The second-order valence-electron chi connectivity index (χ2n) is 3.39. The number of hydrogen-bond donors (Lipinski definition) is 2. The smallest absolute Gasteiger partial charge is 0.194 e. The Morgan fingerprint density at radius 3 is 2.38 bits per heavy atom. The van der Waals surface area contributed by atoms with E-state index < -0.39 is 0 Å². The Kier molecular flexibility index (Phi) is 2.55. The molecule has 0 aliphatic rings. The van der Waals surface area contributed by atoms with Crippen molar-refractivity contribution >= 4 is 17.3 Å². The summed E-state index contributed by atoms with van der Waals surface area (Å²) in [6, 6.07) is 10.5. The molecule has 0 atom stereocenters. The van der Waals surface area contributed by atoms with Crippen LogP contribution in [-0.2, 0) is 0 Å². The number of rotatable bonds is 2. The van der Waals surface area contributed by atoms with Gasteiger partial charge in [0.15, 0.2) is 5.78 Å². The van der Waals surface area contributed by atoms with Crippen LogP contribution in [0.15, 0.2) is 42.6 Å². The van der Waals surface area contributed by atoms with Gasteiger partial charge >= 0.3 is 0 Å². The first-order chi connectivity index (χ1) is 7.68. The maximum Gasteiger partial charge on any atom is 0.194 e. The molecule has 4 nitrogen and oxygen atoms in total. The van der Waals surface area contributed by atoms with E-state index in [9.17, 15) is 4.79 Å². The predicted octanol–water partition coefficient (Wildman–Crippen LogP) is 1.48. The molecule has 0 unspecified atom stereocenters. The molecule has 0 bridgehead atoms. The van der Waals surface area contributed by atoms with Crippen LogP contribution in [0.4, 0.5) is 11.5 Å². The van der Waals surface area contributed by atoms with Gasteiger partial charge < -0.3 is 11.5 Å². The molecule has 2 aromatic rings. The molecule has 1 aromatic heterocycles. The minimum absolute atomic E-state index is 0.111. The van der Waals surface area contributed by atoms with E-state index in [0.717, 1.165) is 0 Å². The number of anilines is 2. The van der Waals surface area contributed by atoms with E-state index in [1.807, 2.05) is 6.07 Å². The van der Waals surface area contributed by atoms with Crippen molar-refractivity contribution in [2.75, 3.05) is 11.5 Å². The van der Waals surface area contributed by atoms with Gasteiger partial charge in [-0.15, -0.1) is 0 Å². The summed E-state index contributed by atoms with van der Waals surface area (Å²) in [4.78, 5) is 15.8. The molecular formula is C12H11N3O. The fraction of sp³-hybridized carbons (Fsp3) is 0. The average Bonchev–Trinajstić information content (AvgIpc) is 2.33. The van der Waals surface area contributed by atoms with E-state index in [1.54, 1.807) is 24.3 Å². The number of nitrogens with zero attached hydrogens (tertiary/aromatic N) is 1. The lowest BCUT2D eigenvalue weighted by atomic mass is 10.0. The van der Waals surface area contributed by atoms with Crippen LogP contribution in [0.2, 0.25) is 0 Å². The third kappa shape index (κ3) is 1.86. The van der Waals surface area contributed by atoms with Crippen LogP contribution >= 0.6 is 0 Å². The van der Waals surface area contributed by atoms with Crippen molar-refractivity contribution < 1.29 is 4.79 Å². The summed E-state index contributed by atoms with van der Waals surface area (Å²) in [6.07, 6.45) is 1.43. The molecule has 0 aliphatic heterocycles. The van der Waals surface area contributed by atoms with Crippen LogP contribution in [0, 0.1) is 0 Å². The molecule has 0 spiro atoms. The molecular weight excluding hydrogens is 202 g/mol. The first kappa shape index (κ1) is 10.2. The van der Waals surface area contributed by atoms with Gasteiger partial charge in [-0.2, -0.15) is 0 Å². The highest BCUT2D eigenvalue weighted by Gasteiger charge is 2.10. The quantitative estimate of drug-likeness (QED) is 0.740. The van der Waals surface area contributed by atoms with E-state index in [-0.39, 0.29) is 11.6 Å². The Morgan fingerprint density at radius 2 is 1.75 bits per heavy atom. The zero-order valence-corrected chi connectivity index (χ0v) is 8.55. The largest absolute Gasteiger partial charge is 0.396 e. The topological polar surface area (TPSA) is 82.0 Å². The molecule has 16 heavy (non-hydrogen) atoms. The van der Waals surface area contributed by atoms with Crippen LogP contribution in [-0.4, -0.2) is 10.8 Å². The maximum atomic E-state index is 12.0. The summed E-state index contributed by atoms with van der Waals surface area (Å²) in [5, 5.41) is 0. The summed E-state index contributed by atoms with van der Waals surface area (Å²) in [5.74, 6) is 0.129. The highest BCUT2D eigenvalue weighted by Crippen LogP contribution is 2.15. The second kappa shape index (κ2) is 4.02. The lowest BCUT2D eigenvalue weighted by Gasteiger charge is -2.03. The highest BCUT2D eigenvalue weighted by atomic mass is 16.1. The van der Waals surface area contributed by atoms with Crippen LogP contribution < -0.4 is 11.5 Å². The number of ketones is 1. The Bertz CT molecular complexity index is 523. The van der Waals surface area contributed by atoms with E-state index in [2.05, 4.69) is 4.98 Å². The van der Waals surface area contributed by atoms with E-state index in [4.69, 9.17) is 11.5 Å². The number of hydrogen-bond acceptors (Lipinski definition) is 4. The van der Waals surface area contributed by atoms with Gasteiger partial charge in [-0.25, -0.2) is 4.98 Å². The van der Waals surface area contributed by atoms with E-state index >= 15 is 0 Å². The van der Waals surface area contributed by atoms with Gasteiger partial charge in [0.1, 0.15) is 5.82 Å². The Balaban J connectivity index is 2.39. The van der Waals surface area contributed by atoms with Crippen LogP contribution in [0.25, 0.3) is 0 Å². The molecule has 0 aliphatic carbocycles. The Hall–Kier alpha value is -2.36. The maximum absolute atomic E-state index is 12.0. The van der Waals surface area contributed by atoms with E-state index in [0.29, 0.717) is 16.8 Å². The van der Waals surface area contributed by atoms with Crippen molar-refractivity contribution in [1.82, 2.24) is 4.98 Å². The third-order valence-corrected chi connectivity index (χ3v) is 2.25. The lowest BCUT2D eigenvalue weighted by molar-refractivity contribution is 0.103. The highest BCUT2D eigenvalue weighted by molar-refractivity contribution is 6.09. The number of nitrogen functional groups attached to an aromatic ring is 2. The first-order valence-electron chi connectivity index (χ1n) is 4.79. The molecule has 80 valence electrons. The third-order valence-electron chi connectivity index (χ3n) is 2.25. The fourth-order valence-corrected chi connectivity index (χ4v) is 1.37. The molecule has 0 radical (unpaired) electrons. The minimum atomic E-state index is -0.111. The first-order valence-corrected chi connectivity index (χ1v) is 4.79. The number of aromatic nitrogens is 1. The van der Waals surface area contributed by atoms with Crippen molar-refractivity contribution in [3.05, 3.63) is 53.7 Å². The van der Waals surface area contributed by atoms with Gasteiger partial charge in [-0.05, 0) is 6.07 Å². The van der Waals surface area contributed by atoms with Gasteiger partial charge in [0.05, 0.1) is 5.69 Å². The molecule has 0 saturated carbocycles. The summed E-state index contributed by atoms with van der Waals surface area (Å²) in [6.45, 7) is 0. The Morgan fingerprint density at radius 1 is 1.06 bits per heavy atom. The normalized spacial score (nSPS) is 10.0. The summed E-state index contributed by atoms with van der Waals surface area (Å²) in [5.41, 5.74) is 12.4. The van der Waals surface area contributed by atoms with Crippen molar-refractivity contribution in [3.8, 4) is 0 Å². The van der Waals surface area contributed by atoms with Crippen LogP contribution in [0.3, 0.4) is 0 Å². The zero-order valence-electron chi connectivity index (χ0n) is 8.55. The van der Waals surface area contributed by atoms with Gasteiger partial charge in [-0.1, -0.05) is 30.3 Å². The monoisotopic (exact) mass is 213 g/mol. The number of carbonyl (C=O) groups is 1. The van der Waals surface area contributed by atoms with Crippen LogP contribution in [0.5, 0.6) is 0 Å². The number of benzene rings is 1. The molecule has 1 heterocycles. The van der Waals surface area contributed by atoms with Crippen LogP contribution in [0.1, 0.15) is 15.9 Å².